The number of fused-ring (bicyclic) bond motifs is 1. The maximum absolute atomic E-state index is 8.96. The van der Waals surface area contributed by atoms with Crippen molar-refractivity contribution >= 4 is 10.9 Å². The van der Waals surface area contributed by atoms with Gasteiger partial charge in [0.05, 0.1) is 6.73 Å². The Balaban J connectivity index is 2.26. The molecule has 0 bridgehead atoms. The molecule has 3 heteroatoms. The minimum atomic E-state index is 0.113. The van der Waals surface area contributed by atoms with Crippen LogP contribution in [0.1, 0.15) is 11.3 Å². The monoisotopic (exact) mass is 218 g/mol. The van der Waals surface area contributed by atoms with E-state index in [4.69, 9.17) is 5.11 Å². The van der Waals surface area contributed by atoms with E-state index in [1.165, 1.54) is 22.2 Å². The summed E-state index contributed by atoms with van der Waals surface area (Å²) in [6.07, 6.45) is 0.965. The predicted molar refractivity (Wildman–Crippen MR) is 66.5 cm³/mol. The molecule has 0 fully saturated rings. The number of aliphatic hydroxyl groups is 1. The largest absolute Gasteiger partial charge is 0.381 e. The fourth-order valence-electron chi connectivity index (χ4n) is 2.03. The Morgan fingerprint density at radius 1 is 1.31 bits per heavy atom. The van der Waals surface area contributed by atoms with Gasteiger partial charge in [-0.05, 0) is 32.0 Å². The SMILES string of the molecule is Cc1[nH]c2ccccc2c1CCN(C)CO. The first kappa shape index (κ1) is 11.2. The van der Waals surface area contributed by atoms with Gasteiger partial charge in [-0.2, -0.15) is 0 Å². The molecule has 1 heterocycles. The lowest BCUT2D eigenvalue weighted by molar-refractivity contribution is 0.134. The summed E-state index contributed by atoms with van der Waals surface area (Å²) in [6, 6.07) is 8.35. The van der Waals surface area contributed by atoms with Gasteiger partial charge < -0.3 is 10.1 Å². The minimum absolute atomic E-state index is 0.113. The molecule has 0 aliphatic rings. The van der Waals surface area contributed by atoms with Gasteiger partial charge in [0.15, 0.2) is 0 Å². The Hall–Kier alpha value is -1.32. The van der Waals surface area contributed by atoms with E-state index in [-0.39, 0.29) is 6.73 Å². The van der Waals surface area contributed by atoms with Crippen LogP contribution in [0, 0.1) is 6.92 Å². The standard InChI is InChI=1S/C13H18N2O/c1-10-11(7-8-15(2)9-16)12-5-3-4-6-13(12)14-10/h3-6,14,16H,7-9H2,1-2H3. The molecule has 2 aromatic rings. The van der Waals surface area contributed by atoms with Crippen LogP contribution in [-0.4, -0.2) is 35.3 Å². The third-order valence-electron chi connectivity index (χ3n) is 3.01. The molecule has 0 radical (unpaired) electrons. The van der Waals surface area contributed by atoms with E-state index >= 15 is 0 Å². The van der Waals surface area contributed by atoms with Crippen molar-refractivity contribution in [2.75, 3.05) is 20.3 Å². The van der Waals surface area contributed by atoms with Gasteiger partial charge in [0, 0.05) is 23.1 Å². The van der Waals surface area contributed by atoms with Crippen LogP contribution in [0.3, 0.4) is 0 Å². The zero-order chi connectivity index (χ0) is 11.5. The average Bonchev–Trinajstić information content (AvgIpc) is 2.62. The fraction of sp³-hybridized carbons (Fsp3) is 0.385. The number of hydrogen-bond donors (Lipinski definition) is 2. The quantitative estimate of drug-likeness (QED) is 0.769. The van der Waals surface area contributed by atoms with E-state index in [0.29, 0.717) is 0 Å². The minimum Gasteiger partial charge on any atom is -0.381 e. The Kier molecular flexibility index (Phi) is 3.27. The smallest absolute Gasteiger partial charge is 0.0954 e. The van der Waals surface area contributed by atoms with Gasteiger partial charge in [0.1, 0.15) is 0 Å². The van der Waals surface area contributed by atoms with E-state index in [1.54, 1.807) is 0 Å². The Morgan fingerprint density at radius 3 is 2.81 bits per heavy atom. The number of rotatable bonds is 4. The van der Waals surface area contributed by atoms with Crippen LogP contribution in [-0.2, 0) is 6.42 Å². The van der Waals surface area contributed by atoms with Gasteiger partial charge in [0.25, 0.3) is 0 Å². The van der Waals surface area contributed by atoms with Crippen molar-refractivity contribution in [2.45, 2.75) is 13.3 Å². The molecule has 3 nitrogen and oxygen atoms in total. The summed E-state index contributed by atoms with van der Waals surface area (Å²) in [7, 11) is 1.92. The van der Waals surface area contributed by atoms with Gasteiger partial charge in [0.2, 0.25) is 0 Å². The summed E-state index contributed by atoms with van der Waals surface area (Å²) in [6.45, 7) is 3.09. The van der Waals surface area contributed by atoms with Gasteiger partial charge in [-0.1, -0.05) is 18.2 Å². The van der Waals surface area contributed by atoms with Crippen molar-refractivity contribution in [3.8, 4) is 0 Å². The number of aryl methyl sites for hydroxylation is 1. The lowest BCUT2D eigenvalue weighted by atomic mass is 10.1. The topological polar surface area (TPSA) is 39.3 Å². The van der Waals surface area contributed by atoms with Crippen LogP contribution in [0.4, 0.5) is 0 Å². The number of nitrogens with zero attached hydrogens (tertiary/aromatic N) is 1. The normalized spacial score (nSPS) is 11.5. The zero-order valence-corrected chi connectivity index (χ0v) is 9.83. The van der Waals surface area contributed by atoms with Crippen molar-refractivity contribution < 1.29 is 5.11 Å². The van der Waals surface area contributed by atoms with E-state index < -0.39 is 0 Å². The van der Waals surface area contributed by atoms with Crippen LogP contribution in [0.5, 0.6) is 0 Å². The average molecular weight is 218 g/mol. The van der Waals surface area contributed by atoms with Crippen molar-refractivity contribution in [3.63, 3.8) is 0 Å². The second kappa shape index (κ2) is 4.68. The first-order valence-corrected chi connectivity index (χ1v) is 5.58. The van der Waals surface area contributed by atoms with E-state index in [2.05, 4.69) is 30.1 Å². The van der Waals surface area contributed by atoms with E-state index in [0.717, 1.165) is 13.0 Å². The molecule has 0 saturated heterocycles. The summed E-state index contributed by atoms with van der Waals surface area (Å²) in [5.41, 5.74) is 3.78. The Morgan fingerprint density at radius 2 is 2.06 bits per heavy atom. The number of para-hydroxylation sites is 1. The molecule has 0 atom stereocenters. The summed E-state index contributed by atoms with van der Waals surface area (Å²) in [5.74, 6) is 0. The fourth-order valence-corrected chi connectivity index (χ4v) is 2.03. The van der Waals surface area contributed by atoms with Crippen LogP contribution in [0.2, 0.25) is 0 Å². The van der Waals surface area contributed by atoms with Crippen LogP contribution >= 0.6 is 0 Å². The second-order valence-corrected chi connectivity index (χ2v) is 4.25. The highest BCUT2D eigenvalue weighted by Crippen LogP contribution is 2.22. The molecule has 0 spiro atoms. The number of H-pyrrole nitrogens is 1. The number of nitrogens with one attached hydrogen (secondary N) is 1. The molecule has 16 heavy (non-hydrogen) atoms. The molecular weight excluding hydrogens is 200 g/mol. The van der Waals surface area contributed by atoms with Gasteiger partial charge in [-0.15, -0.1) is 0 Å². The highest BCUT2D eigenvalue weighted by atomic mass is 16.3. The summed E-state index contributed by atoms with van der Waals surface area (Å²) < 4.78 is 0. The third-order valence-corrected chi connectivity index (χ3v) is 3.01. The maximum Gasteiger partial charge on any atom is 0.0954 e. The lowest BCUT2D eigenvalue weighted by Gasteiger charge is -2.12. The molecule has 0 amide bonds. The molecule has 0 saturated carbocycles. The van der Waals surface area contributed by atoms with E-state index in [1.807, 2.05) is 18.0 Å². The highest BCUT2D eigenvalue weighted by molar-refractivity contribution is 5.84. The van der Waals surface area contributed by atoms with Crippen molar-refractivity contribution in [3.05, 3.63) is 35.5 Å². The number of aliphatic hydroxyl groups excluding tert-OH is 1. The third kappa shape index (κ3) is 2.10. The number of aromatic nitrogens is 1. The maximum atomic E-state index is 8.96. The predicted octanol–water partition coefficient (Wildman–Crippen LogP) is 1.90. The van der Waals surface area contributed by atoms with Crippen LogP contribution < -0.4 is 0 Å². The summed E-state index contributed by atoms with van der Waals surface area (Å²) in [4.78, 5) is 5.29. The van der Waals surface area contributed by atoms with Gasteiger partial charge >= 0.3 is 0 Å². The highest BCUT2D eigenvalue weighted by Gasteiger charge is 2.08. The molecule has 0 aliphatic carbocycles. The number of aromatic amines is 1. The summed E-state index contributed by atoms with van der Waals surface area (Å²) >= 11 is 0. The van der Waals surface area contributed by atoms with Crippen LogP contribution in [0.25, 0.3) is 10.9 Å². The lowest BCUT2D eigenvalue weighted by Crippen LogP contribution is -2.22. The van der Waals surface area contributed by atoms with Crippen molar-refractivity contribution in [2.24, 2.45) is 0 Å². The molecule has 0 aliphatic heterocycles. The van der Waals surface area contributed by atoms with E-state index in [9.17, 15) is 0 Å². The molecule has 2 N–H and O–H groups in total. The number of benzene rings is 1. The summed E-state index contributed by atoms with van der Waals surface area (Å²) in [5, 5.41) is 10.3. The number of likely N-dealkylation sites (N-methyl/N-ethyl adjacent to an activating group) is 1. The van der Waals surface area contributed by atoms with Gasteiger partial charge in [-0.25, -0.2) is 0 Å². The molecular formula is C13H18N2O. The first-order valence-electron chi connectivity index (χ1n) is 5.58. The van der Waals surface area contributed by atoms with Crippen LogP contribution in [0.15, 0.2) is 24.3 Å². The zero-order valence-electron chi connectivity index (χ0n) is 9.83. The molecule has 1 aromatic carbocycles. The first-order chi connectivity index (χ1) is 7.72. The molecule has 86 valence electrons. The molecule has 0 unspecified atom stereocenters. The second-order valence-electron chi connectivity index (χ2n) is 4.25. The van der Waals surface area contributed by atoms with Crippen molar-refractivity contribution in [1.82, 2.24) is 9.88 Å². The Labute approximate surface area is 95.7 Å². The molecule has 1 aromatic heterocycles. The van der Waals surface area contributed by atoms with Gasteiger partial charge in [-0.3, -0.25) is 4.90 Å². The van der Waals surface area contributed by atoms with Crippen molar-refractivity contribution in [1.29, 1.82) is 0 Å². The number of hydrogen-bond acceptors (Lipinski definition) is 2. The molecule has 2 rings (SSSR count). The Bertz CT molecular complexity index is 476.